The second kappa shape index (κ2) is 8.53. The Morgan fingerprint density at radius 3 is 2.58 bits per heavy atom. The summed E-state index contributed by atoms with van der Waals surface area (Å²) in [4.78, 5) is 28.2. The number of methoxy groups -OCH3 is 1. The molecule has 0 aliphatic carbocycles. The van der Waals surface area contributed by atoms with Gasteiger partial charge < -0.3 is 14.5 Å². The molecule has 1 heterocycles. The lowest BCUT2D eigenvalue weighted by Crippen LogP contribution is -2.41. The molecule has 1 aromatic rings. The molecule has 1 aliphatic heterocycles. The summed E-state index contributed by atoms with van der Waals surface area (Å²) in [6, 6.07) is 8.31. The van der Waals surface area contributed by atoms with Gasteiger partial charge in [-0.15, -0.1) is 11.8 Å². The molecule has 0 radical (unpaired) electrons. The Labute approximate surface area is 148 Å². The molecule has 1 saturated heterocycles. The highest BCUT2D eigenvalue weighted by atomic mass is 32.2. The van der Waals surface area contributed by atoms with Gasteiger partial charge in [-0.3, -0.25) is 9.59 Å². The van der Waals surface area contributed by atoms with E-state index in [9.17, 15) is 9.59 Å². The van der Waals surface area contributed by atoms with Crippen LogP contribution in [-0.2, 0) is 14.3 Å². The molecule has 0 aromatic heterocycles. The lowest BCUT2D eigenvalue weighted by Gasteiger charge is -2.28. The zero-order valence-corrected chi connectivity index (χ0v) is 15.6. The first-order valence-corrected chi connectivity index (χ1v) is 9.21. The van der Waals surface area contributed by atoms with Crippen LogP contribution in [0.25, 0.3) is 0 Å². The molecule has 0 spiro atoms. The van der Waals surface area contributed by atoms with E-state index in [1.165, 1.54) is 12.7 Å². The van der Waals surface area contributed by atoms with Crippen LogP contribution in [0, 0.1) is 6.92 Å². The Morgan fingerprint density at radius 2 is 2.00 bits per heavy atom. The Morgan fingerprint density at radius 1 is 1.33 bits per heavy atom. The Balaban J connectivity index is 2.08. The largest absolute Gasteiger partial charge is 0.375 e. The van der Waals surface area contributed by atoms with E-state index in [2.05, 4.69) is 31.2 Å². The van der Waals surface area contributed by atoms with Crippen LogP contribution in [0.1, 0.15) is 30.3 Å². The topological polar surface area (TPSA) is 49.9 Å². The van der Waals surface area contributed by atoms with Gasteiger partial charge in [-0.1, -0.05) is 29.8 Å². The van der Waals surface area contributed by atoms with Crippen LogP contribution in [0.2, 0.25) is 0 Å². The van der Waals surface area contributed by atoms with Gasteiger partial charge in [0.15, 0.2) is 0 Å². The van der Waals surface area contributed by atoms with E-state index in [4.69, 9.17) is 4.74 Å². The van der Waals surface area contributed by atoms with Crippen LogP contribution in [0.4, 0.5) is 0 Å². The number of amides is 2. The summed E-state index contributed by atoms with van der Waals surface area (Å²) < 4.78 is 4.92. The van der Waals surface area contributed by atoms with E-state index in [1.54, 1.807) is 16.7 Å². The fraction of sp³-hybridized carbons (Fsp3) is 0.556. The summed E-state index contributed by atoms with van der Waals surface area (Å²) in [6.45, 7) is 7.70. The van der Waals surface area contributed by atoms with Crippen LogP contribution in [0.5, 0.6) is 0 Å². The van der Waals surface area contributed by atoms with Gasteiger partial charge >= 0.3 is 0 Å². The van der Waals surface area contributed by atoms with E-state index in [-0.39, 0.29) is 29.0 Å². The molecule has 5 nitrogen and oxygen atoms in total. The molecule has 1 aromatic carbocycles. The molecule has 132 valence electrons. The average Bonchev–Trinajstić information content (AvgIpc) is 2.84. The van der Waals surface area contributed by atoms with Gasteiger partial charge in [-0.2, -0.15) is 0 Å². The number of aryl methyl sites for hydroxylation is 1. The van der Waals surface area contributed by atoms with E-state index in [1.807, 2.05) is 18.7 Å². The zero-order valence-electron chi connectivity index (χ0n) is 14.8. The lowest BCUT2D eigenvalue weighted by molar-refractivity contribution is -0.137. The van der Waals surface area contributed by atoms with Crippen molar-refractivity contribution in [1.29, 1.82) is 0 Å². The summed E-state index contributed by atoms with van der Waals surface area (Å²) in [7, 11) is 1.52. The summed E-state index contributed by atoms with van der Waals surface area (Å²) in [6.07, 6.45) is 0. The molecule has 24 heavy (non-hydrogen) atoms. The second-order valence-corrected chi connectivity index (χ2v) is 7.41. The number of hydrogen-bond acceptors (Lipinski definition) is 4. The normalized spacial score (nSPS) is 20.5. The predicted octanol–water partition coefficient (Wildman–Crippen LogP) is 2.45. The van der Waals surface area contributed by atoms with Crippen molar-refractivity contribution in [2.45, 2.75) is 31.4 Å². The van der Waals surface area contributed by atoms with Crippen LogP contribution >= 0.6 is 11.8 Å². The molecule has 0 unspecified atom stereocenters. The second-order valence-electron chi connectivity index (χ2n) is 5.98. The number of likely N-dealkylation sites (N-methyl/N-ethyl adjacent to an activating group) is 1. The highest BCUT2D eigenvalue weighted by Gasteiger charge is 2.38. The van der Waals surface area contributed by atoms with Gasteiger partial charge in [-0.25, -0.2) is 0 Å². The van der Waals surface area contributed by atoms with Gasteiger partial charge in [-0.05, 0) is 26.3 Å². The van der Waals surface area contributed by atoms with Crippen molar-refractivity contribution in [1.82, 2.24) is 9.80 Å². The molecule has 2 atom stereocenters. The summed E-state index contributed by atoms with van der Waals surface area (Å²) in [5, 5.41) is -0.0367. The van der Waals surface area contributed by atoms with E-state index < -0.39 is 0 Å². The first kappa shape index (κ1) is 18.8. The van der Waals surface area contributed by atoms with Crippen molar-refractivity contribution < 1.29 is 14.3 Å². The molecule has 1 aliphatic rings. The minimum absolute atomic E-state index is 0.0179. The number of ether oxygens (including phenoxy) is 1. The van der Waals surface area contributed by atoms with Crippen molar-refractivity contribution in [3.05, 3.63) is 35.4 Å². The van der Waals surface area contributed by atoms with Gasteiger partial charge in [0.05, 0.1) is 5.25 Å². The number of carbonyl (C=O) groups excluding carboxylic acids is 2. The minimum atomic E-state index is -0.0546. The zero-order chi connectivity index (χ0) is 17.7. The molecular formula is C18H26N2O3S. The number of carbonyl (C=O) groups is 2. The van der Waals surface area contributed by atoms with Crippen molar-refractivity contribution in [2.75, 3.05) is 33.4 Å². The first-order chi connectivity index (χ1) is 11.5. The molecule has 0 N–H and O–H groups in total. The fourth-order valence-electron chi connectivity index (χ4n) is 2.79. The van der Waals surface area contributed by atoms with Crippen LogP contribution < -0.4 is 0 Å². The molecule has 1 fully saturated rings. The highest BCUT2D eigenvalue weighted by Crippen LogP contribution is 2.42. The maximum Gasteiger partial charge on any atom is 0.248 e. The average molecular weight is 350 g/mol. The van der Waals surface area contributed by atoms with E-state index in [0.29, 0.717) is 19.6 Å². The van der Waals surface area contributed by atoms with Crippen molar-refractivity contribution in [3.63, 3.8) is 0 Å². The number of benzene rings is 1. The van der Waals surface area contributed by atoms with Gasteiger partial charge in [0, 0.05) is 26.7 Å². The maximum atomic E-state index is 12.5. The van der Waals surface area contributed by atoms with Crippen LogP contribution in [-0.4, -0.2) is 60.2 Å². The predicted molar refractivity (Wildman–Crippen MR) is 96.8 cm³/mol. The SMILES string of the molecule is CCN(CCN1C(=O)[C@@H](C)S[C@H]1c1ccc(C)cc1)C(=O)COC. The third-order valence-corrected chi connectivity index (χ3v) is 5.62. The molecule has 0 bridgehead atoms. The molecule has 0 saturated carbocycles. The summed E-state index contributed by atoms with van der Waals surface area (Å²) >= 11 is 1.67. The monoisotopic (exact) mass is 350 g/mol. The number of thioether (sulfide) groups is 1. The number of rotatable bonds is 7. The quantitative estimate of drug-likeness (QED) is 0.758. The highest BCUT2D eigenvalue weighted by molar-refractivity contribution is 8.01. The maximum absolute atomic E-state index is 12.5. The number of nitrogens with zero attached hydrogens (tertiary/aromatic N) is 2. The molecule has 2 amide bonds. The molecule has 2 rings (SSSR count). The lowest BCUT2D eigenvalue weighted by atomic mass is 10.1. The van der Waals surface area contributed by atoms with E-state index >= 15 is 0 Å². The van der Waals surface area contributed by atoms with Crippen molar-refractivity contribution in [3.8, 4) is 0 Å². The van der Waals surface area contributed by atoms with E-state index in [0.717, 1.165) is 5.56 Å². The summed E-state index contributed by atoms with van der Waals surface area (Å²) in [5.41, 5.74) is 2.34. The Hall–Kier alpha value is -1.53. The number of hydrogen-bond donors (Lipinski definition) is 0. The molecular weight excluding hydrogens is 324 g/mol. The van der Waals surface area contributed by atoms with Gasteiger partial charge in [0.25, 0.3) is 0 Å². The standard InChI is InChI=1S/C18H26N2O3S/c1-5-19(16(21)12-23-4)10-11-20-17(22)14(3)24-18(20)15-8-6-13(2)7-9-15/h6-9,14,18H,5,10-12H2,1-4H3/t14-,18+/m1/s1. The molecule has 6 heteroatoms. The van der Waals surface area contributed by atoms with Crippen molar-refractivity contribution >= 4 is 23.6 Å². The first-order valence-electron chi connectivity index (χ1n) is 8.27. The smallest absolute Gasteiger partial charge is 0.248 e. The third kappa shape index (κ3) is 4.30. The van der Waals surface area contributed by atoms with Crippen LogP contribution in [0.3, 0.4) is 0 Å². The fourth-order valence-corrected chi connectivity index (χ4v) is 4.10. The minimum Gasteiger partial charge on any atom is -0.375 e. The summed E-state index contributed by atoms with van der Waals surface area (Å²) in [5.74, 6) is 0.0973. The van der Waals surface area contributed by atoms with Gasteiger partial charge in [0.2, 0.25) is 11.8 Å². The van der Waals surface area contributed by atoms with Crippen molar-refractivity contribution in [2.24, 2.45) is 0 Å². The Kier molecular flexibility index (Phi) is 6.69. The third-order valence-electron chi connectivity index (χ3n) is 4.22. The Bertz CT molecular complexity index is 576. The van der Waals surface area contributed by atoms with Gasteiger partial charge in [0.1, 0.15) is 12.0 Å². The van der Waals surface area contributed by atoms with Crippen LogP contribution in [0.15, 0.2) is 24.3 Å².